The van der Waals surface area contributed by atoms with E-state index in [1.54, 1.807) is 16.8 Å². The molecule has 1 atom stereocenters. The molecule has 0 radical (unpaired) electrons. The molecule has 2 aromatic heterocycles. The van der Waals surface area contributed by atoms with E-state index in [0.29, 0.717) is 31.3 Å². The largest absolute Gasteiger partial charge is 0.489 e. The number of aromatic nitrogens is 4. The number of aliphatic hydroxyl groups excluding tert-OH is 1. The van der Waals surface area contributed by atoms with E-state index in [-0.39, 0.29) is 23.9 Å². The van der Waals surface area contributed by atoms with Crippen molar-refractivity contribution in [3.63, 3.8) is 0 Å². The topological polar surface area (TPSA) is 109 Å². The van der Waals surface area contributed by atoms with E-state index in [1.807, 2.05) is 24.1 Å². The third-order valence-electron chi connectivity index (χ3n) is 7.06. The minimum Gasteiger partial charge on any atom is -0.489 e. The first kappa shape index (κ1) is 22.6. The van der Waals surface area contributed by atoms with Gasteiger partial charge in [0, 0.05) is 50.6 Å². The second-order valence-electron chi connectivity index (χ2n) is 9.52. The van der Waals surface area contributed by atoms with Gasteiger partial charge in [0.15, 0.2) is 5.82 Å². The minimum atomic E-state index is -0.332. The van der Waals surface area contributed by atoms with Gasteiger partial charge in [-0.2, -0.15) is 15.1 Å². The van der Waals surface area contributed by atoms with Crippen molar-refractivity contribution >= 4 is 17.5 Å². The second kappa shape index (κ2) is 8.98. The molecule has 3 aliphatic rings. The van der Waals surface area contributed by atoms with Gasteiger partial charge >= 0.3 is 0 Å². The Balaban J connectivity index is 1.11. The summed E-state index contributed by atoms with van der Waals surface area (Å²) in [6, 6.07) is 6.75. The maximum atomic E-state index is 13.8. The highest BCUT2D eigenvalue weighted by molar-refractivity contribution is 5.61. The van der Waals surface area contributed by atoms with Gasteiger partial charge in [-0.15, -0.1) is 0 Å². The van der Waals surface area contributed by atoms with Gasteiger partial charge in [0.1, 0.15) is 24.0 Å². The molecule has 6 rings (SSSR count). The van der Waals surface area contributed by atoms with Crippen LogP contribution in [0.5, 0.6) is 5.75 Å². The average Bonchev–Trinajstić information content (AvgIpc) is 3.21. The van der Waals surface area contributed by atoms with Crippen LogP contribution in [0.2, 0.25) is 0 Å². The molecule has 11 heteroatoms. The van der Waals surface area contributed by atoms with Crippen molar-refractivity contribution in [1.82, 2.24) is 24.6 Å². The first-order valence-corrected chi connectivity index (χ1v) is 12.2. The fraction of sp³-hybridized carbons (Fsp3) is 0.400. The van der Waals surface area contributed by atoms with Crippen LogP contribution < -0.4 is 20.3 Å². The highest BCUT2D eigenvalue weighted by atomic mass is 19.1. The summed E-state index contributed by atoms with van der Waals surface area (Å²) in [5.74, 6) is 1.99. The summed E-state index contributed by atoms with van der Waals surface area (Å²) in [5.41, 5.74) is 8.87. The molecule has 0 amide bonds. The Morgan fingerprint density at radius 2 is 2.00 bits per heavy atom. The Labute approximate surface area is 208 Å². The fourth-order valence-corrected chi connectivity index (χ4v) is 5.05. The van der Waals surface area contributed by atoms with Crippen LogP contribution >= 0.6 is 0 Å². The van der Waals surface area contributed by atoms with E-state index >= 15 is 0 Å². The first-order chi connectivity index (χ1) is 17.4. The number of fused-ring (bicyclic) bond motifs is 3. The SMILES string of the molecule is Cc1c(CC=CN2CCN3c4cc(F)ccc4OCC3C2)cnn1-c1cc(N2CC(O)C2)nc(N)n1. The van der Waals surface area contributed by atoms with Crippen LogP contribution in [-0.4, -0.2) is 81.2 Å². The highest BCUT2D eigenvalue weighted by Crippen LogP contribution is 2.35. The van der Waals surface area contributed by atoms with E-state index < -0.39 is 0 Å². The quantitative estimate of drug-likeness (QED) is 0.548. The predicted octanol–water partition coefficient (Wildman–Crippen LogP) is 1.51. The Hall–Kier alpha value is -3.86. The molecular weight excluding hydrogens is 463 g/mol. The lowest BCUT2D eigenvalue weighted by atomic mass is 10.1. The molecule has 3 aliphatic heterocycles. The van der Waals surface area contributed by atoms with Crippen molar-refractivity contribution in [2.45, 2.75) is 25.5 Å². The number of β-amino-alcohol motifs (C(OH)–C–C–N with tert-alkyl or cyclic N) is 1. The molecule has 36 heavy (non-hydrogen) atoms. The Morgan fingerprint density at radius 3 is 2.83 bits per heavy atom. The maximum absolute atomic E-state index is 13.8. The van der Waals surface area contributed by atoms with Crippen molar-refractivity contribution < 1.29 is 14.2 Å². The van der Waals surface area contributed by atoms with Crippen molar-refractivity contribution in [2.24, 2.45) is 0 Å². The summed E-state index contributed by atoms with van der Waals surface area (Å²) in [6.07, 6.45) is 6.52. The Bertz CT molecular complexity index is 1310. The number of hydrogen-bond acceptors (Lipinski definition) is 9. The second-order valence-corrected chi connectivity index (χ2v) is 9.52. The van der Waals surface area contributed by atoms with Crippen molar-refractivity contribution in [1.29, 1.82) is 0 Å². The van der Waals surface area contributed by atoms with E-state index in [2.05, 4.69) is 37.1 Å². The van der Waals surface area contributed by atoms with Gasteiger partial charge in [-0.1, -0.05) is 6.08 Å². The van der Waals surface area contributed by atoms with Crippen LogP contribution in [0.15, 0.2) is 42.7 Å². The molecule has 2 saturated heterocycles. The Kier molecular flexibility index (Phi) is 5.63. The molecule has 188 valence electrons. The number of nitrogens with two attached hydrogens (primary N) is 1. The number of hydrogen-bond donors (Lipinski definition) is 2. The molecule has 1 unspecified atom stereocenters. The molecule has 3 aromatic rings. The summed E-state index contributed by atoms with van der Waals surface area (Å²) in [6.45, 7) is 6.17. The lowest BCUT2D eigenvalue weighted by Gasteiger charge is -2.45. The van der Waals surface area contributed by atoms with Crippen LogP contribution in [0.1, 0.15) is 11.3 Å². The van der Waals surface area contributed by atoms with Crippen LogP contribution in [0.4, 0.5) is 21.8 Å². The van der Waals surface area contributed by atoms with E-state index in [4.69, 9.17) is 10.5 Å². The fourth-order valence-electron chi connectivity index (χ4n) is 5.05. The average molecular weight is 493 g/mol. The smallest absolute Gasteiger partial charge is 0.224 e. The number of rotatable bonds is 5. The van der Waals surface area contributed by atoms with E-state index in [1.165, 1.54) is 6.07 Å². The van der Waals surface area contributed by atoms with Gasteiger partial charge in [-0.25, -0.2) is 9.07 Å². The molecule has 10 nitrogen and oxygen atoms in total. The molecule has 0 aliphatic carbocycles. The predicted molar refractivity (Wildman–Crippen MR) is 134 cm³/mol. The van der Waals surface area contributed by atoms with E-state index in [9.17, 15) is 9.50 Å². The molecule has 0 bridgehead atoms. The van der Waals surface area contributed by atoms with E-state index in [0.717, 1.165) is 48.7 Å². The minimum absolute atomic E-state index is 0.177. The molecule has 1 aromatic carbocycles. The summed E-state index contributed by atoms with van der Waals surface area (Å²) in [4.78, 5) is 15.2. The zero-order valence-electron chi connectivity index (χ0n) is 20.1. The van der Waals surface area contributed by atoms with Crippen LogP contribution in [0, 0.1) is 12.7 Å². The summed E-state index contributed by atoms with van der Waals surface area (Å²) in [7, 11) is 0. The highest BCUT2D eigenvalue weighted by Gasteiger charge is 2.32. The molecule has 3 N–H and O–H groups in total. The maximum Gasteiger partial charge on any atom is 0.224 e. The van der Waals surface area contributed by atoms with Gasteiger partial charge in [0.05, 0.1) is 24.0 Å². The first-order valence-electron chi connectivity index (χ1n) is 12.2. The molecule has 0 spiro atoms. The zero-order valence-corrected chi connectivity index (χ0v) is 20.1. The van der Waals surface area contributed by atoms with Gasteiger partial charge in [-0.05, 0) is 37.2 Å². The lowest BCUT2D eigenvalue weighted by Crippen LogP contribution is -2.55. The number of piperazine rings is 1. The number of ether oxygens (including phenoxy) is 1. The van der Waals surface area contributed by atoms with Crippen LogP contribution in [0.3, 0.4) is 0 Å². The standard InChI is InChI=1S/C25H29FN8O2/c1-16-17(11-28-34(16)24-10-23(29-25(27)30-24)32-13-20(35)14-32)3-2-6-31-7-8-33-19(12-31)15-36-22-5-4-18(26)9-21(22)33/h2,4-6,9-11,19-20,35H,3,7-8,12-15H2,1H3,(H2,27,29,30). The third kappa shape index (κ3) is 4.19. The van der Waals surface area contributed by atoms with Gasteiger partial charge in [0.25, 0.3) is 0 Å². The van der Waals surface area contributed by atoms with Crippen molar-refractivity contribution in [2.75, 3.05) is 54.9 Å². The Morgan fingerprint density at radius 1 is 1.17 bits per heavy atom. The van der Waals surface area contributed by atoms with Crippen molar-refractivity contribution in [3.05, 3.63) is 59.8 Å². The molecule has 2 fully saturated rings. The van der Waals surface area contributed by atoms with Crippen LogP contribution in [0.25, 0.3) is 5.82 Å². The number of anilines is 3. The monoisotopic (exact) mass is 492 g/mol. The zero-order chi connectivity index (χ0) is 24.8. The lowest BCUT2D eigenvalue weighted by molar-refractivity contribution is 0.141. The third-order valence-corrected chi connectivity index (χ3v) is 7.06. The number of nitrogen functional groups attached to an aromatic ring is 1. The number of allylic oxidation sites excluding steroid dienone is 1. The number of halogens is 1. The number of aliphatic hydroxyl groups is 1. The summed E-state index contributed by atoms with van der Waals surface area (Å²) >= 11 is 0. The number of nitrogens with zero attached hydrogens (tertiary/aromatic N) is 7. The normalized spacial score (nSPS) is 19.8. The van der Waals surface area contributed by atoms with Crippen LogP contribution in [-0.2, 0) is 6.42 Å². The molecular formula is C25H29FN8O2. The molecule has 5 heterocycles. The molecule has 0 saturated carbocycles. The summed E-state index contributed by atoms with van der Waals surface area (Å²) in [5, 5.41) is 14.1. The van der Waals surface area contributed by atoms with Gasteiger partial charge in [-0.3, -0.25) is 0 Å². The van der Waals surface area contributed by atoms with Gasteiger partial charge < -0.3 is 30.3 Å². The summed E-state index contributed by atoms with van der Waals surface area (Å²) < 4.78 is 21.4. The van der Waals surface area contributed by atoms with Crippen molar-refractivity contribution in [3.8, 4) is 11.6 Å². The number of benzene rings is 1. The van der Waals surface area contributed by atoms with Gasteiger partial charge in [0.2, 0.25) is 5.95 Å².